The van der Waals surface area contributed by atoms with Crippen LogP contribution in [-0.2, 0) is 4.79 Å². The Labute approximate surface area is 138 Å². The zero-order valence-corrected chi connectivity index (χ0v) is 13.9. The lowest BCUT2D eigenvalue weighted by Gasteiger charge is -2.08. The van der Waals surface area contributed by atoms with E-state index in [0.29, 0.717) is 11.1 Å². The molecule has 2 aromatic rings. The molecule has 0 aromatic heterocycles. The highest BCUT2D eigenvalue weighted by molar-refractivity contribution is 9.09. The number of carbonyl (C=O) groups excluding carboxylic acids is 1. The normalized spacial score (nSPS) is 9.59. The van der Waals surface area contributed by atoms with E-state index in [9.17, 15) is 4.79 Å². The minimum Gasteiger partial charge on any atom is -0.495 e. The second kappa shape index (κ2) is 7.67. The van der Waals surface area contributed by atoms with E-state index in [2.05, 4.69) is 27.8 Å². The topological polar surface area (TPSA) is 35.5 Å². The molecule has 0 aliphatic rings. The Kier molecular flexibility index (Phi) is 5.62. The molecule has 4 heteroatoms. The first kappa shape index (κ1) is 16.1. The molecule has 0 atom stereocenters. The zero-order valence-electron chi connectivity index (χ0n) is 12.4. The van der Waals surface area contributed by atoms with Gasteiger partial charge in [-0.1, -0.05) is 46.0 Å². The molecule has 0 amide bonds. The van der Waals surface area contributed by atoms with Crippen molar-refractivity contribution in [2.45, 2.75) is 6.92 Å². The lowest BCUT2D eigenvalue weighted by atomic mass is 10.0. The average molecular weight is 359 g/mol. The van der Waals surface area contributed by atoms with Crippen LogP contribution in [0.5, 0.6) is 11.5 Å². The van der Waals surface area contributed by atoms with Crippen molar-refractivity contribution in [2.75, 3.05) is 12.4 Å². The molecule has 0 unspecified atom stereocenters. The third-order valence-corrected chi connectivity index (χ3v) is 3.20. The van der Waals surface area contributed by atoms with Crippen LogP contribution in [-0.4, -0.2) is 18.4 Å². The van der Waals surface area contributed by atoms with Crippen molar-refractivity contribution in [1.29, 1.82) is 0 Å². The third kappa shape index (κ3) is 4.12. The summed E-state index contributed by atoms with van der Waals surface area (Å²) in [6.07, 6.45) is 0. The quantitative estimate of drug-likeness (QED) is 0.359. The number of halogens is 1. The fourth-order valence-electron chi connectivity index (χ4n) is 2.02. The van der Waals surface area contributed by atoms with Gasteiger partial charge in [0.25, 0.3) is 0 Å². The van der Waals surface area contributed by atoms with E-state index in [4.69, 9.17) is 9.47 Å². The molecule has 0 saturated heterocycles. The molecule has 2 aromatic carbocycles. The molecular formula is C18H15BrO3. The van der Waals surface area contributed by atoms with Crippen LogP contribution in [0, 0.1) is 11.8 Å². The monoisotopic (exact) mass is 358 g/mol. The number of ether oxygens (including phenoxy) is 2. The zero-order chi connectivity index (χ0) is 15.9. The van der Waals surface area contributed by atoms with Gasteiger partial charge in [-0.2, -0.15) is 0 Å². The van der Waals surface area contributed by atoms with Gasteiger partial charge in [0.05, 0.1) is 18.0 Å². The summed E-state index contributed by atoms with van der Waals surface area (Å²) in [6.45, 7) is 1.38. The highest BCUT2D eigenvalue weighted by Crippen LogP contribution is 2.28. The Morgan fingerprint density at radius 3 is 2.64 bits per heavy atom. The Hall–Kier alpha value is -2.25. The van der Waals surface area contributed by atoms with E-state index in [1.807, 2.05) is 36.4 Å². The van der Waals surface area contributed by atoms with Crippen LogP contribution >= 0.6 is 15.9 Å². The van der Waals surface area contributed by atoms with E-state index < -0.39 is 0 Å². The first-order valence-electron chi connectivity index (χ1n) is 6.65. The molecule has 0 saturated carbocycles. The SMILES string of the molecule is COc1ccc(-c2cccc(OC(C)=O)c2)cc1C#CCBr. The molecule has 0 radical (unpaired) electrons. The Bertz CT molecular complexity index is 741. The van der Waals surface area contributed by atoms with Gasteiger partial charge in [-0.3, -0.25) is 4.79 Å². The van der Waals surface area contributed by atoms with E-state index in [-0.39, 0.29) is 5.97 Å². The molecule has 22 heavy (non-hydrogen) atoms. The molecule has 0 aliphatic heterocycles. The van der Waals surface area contributed by atoms with Crippen LogP contribution in [0.2, 0.25) is 0 Å². The first-order chi connectivity index (χ1) is 10.6. The summed E-state index contributed by atoms with van der Waals surface area (Å²) in [5, 5.41) is 0.600. The van der Waals surface area contributed by atoms with Gasteiger partial charge in [0, 0.05) is 6.92 Å². The van der Waals surface area contributed by atoms with Crippen LogP contribution in [0.1, 0.15) is 12.5 Å². The van der Waals surface area contributed by atoms with Gasteiger partial charge in [-0.05, 0) is 35.4 Å². The Balaban J connectivity index is 2.42. The maximum absolute atomic E-state index is 11.1. The van der Waals surface area contributed by atoms with Crippen molar-refractivity contribution >= 4 is 21.9 Å². The lowest BCUT2D eigenvalue weighted by Crippen LogP contribution is -2.01. The summed E-state index contributed by atoms with van der Waals surface area (Å²) in [5.74, 6) is 6.95. The largest absolute Gasteiger partial charge is 0.495 e. The van der Waals surface area contributed by atoms with Crippen molar-refractivity contribution < 1.29 is 14.3 Å². The van der Waals surface area contributed by atoms with Gasteiger partial charge >= 0.3 is 5.97 Å². The maximum atomic E-state index is 11.1. The van der Waals surface area contributed by atoms with Gasteiger partial charge in [-0.25, -0.2) is 0 Å². The number of hydrogen-bond acceptors (Lipinski definition) is 3. The summed E-state index contributed by atoms with van der Waals surface area (Å²) >= 11 is 3.29. The number of esters is 1. The number of carbonyl (C=O) groups is 1. The second-order valence-electron chi connectivity index (χ2n) is 4.47. The first-order valence-corrected chi connectivity index (χ1v) is 7.78. The summed E-state index contributed by atoms with van der Waals surface area (Å²) in [6, 6.07) is 13.2. The van der Waals surface area contributed by atoms with Gasteiger partial charge in [-0.15, -0.1) is 0 Å². The number of hydrogen-bond donors (Lipinski definition) is 0. The highest BCUT2D eigenvalue weighted by Gasteiger charge is 2.06. The third-order valence-electron chi connectivity index (χ3n) is 2.92. The fourth-order valence-corrected chi connectivity index (χ4v) is 2.16. The van der Waals surface area contributed by atoms with Crippen molar-refractivity contribution in [2.24, 2.45) is 0 Å². The Morgan fingerprint density at radius 2 is 1.95 bits per heavy atom. The van der Waals surface area contributed by atoms with Crippen molar-refractivity contribution in [3.8, 4) is 34.5 Å². The number of rotatable bonds is 3. The molecular weight excluding hydrogens is 344 g/mol. The fraction of sp³-hybridized carbons (Fsp3) is 0.167. The van der Waals surface area contributed by atoms with Crippen molar-refractivity contribution in [1.82, 2.24) is 0 Å². The van der Waals surface area contributed by atoms with Crippen LogP contribution in [0.15, 0.2) is 42.5 Å². The van der Waals surface area contributed by atoms with Crippen LogP contribution < -0.4 is 9.47 Å². The van der Waals surface area contributed by atoms with Crippen LogP contribution in [0.4, 0.5) is 0 Å². The molecule has 0 N–H and O–H groups in total. The van der Waals surface area contributed by atoms with Crippen molar-refractivity contribution in [3.63, 3.8) is 0 Å². The predicted octanol–water partition coefficient (Wildman–Crippen LogP) is 4.03. The van der Waals surface area contributed by atoms with E-state index in [0.717, 1.165) is 22.4 Å². The molecule has 0 spiro atoms. The maximum Gasteiger partial charge on any atom is 0.308 e. The van der Waals surface area contributed by atoms with Gasteiger partial charge < -0.3 is 9.47 Å². The minimum absolute atomic E-state index is 0.337. The van der Waals surface area contributed by atoms with Gasteiger partial charge in [0.15, 0.2) is 0 Å². The summed E-state index contributed by atoms with van der Waals surface area (Å²) in [7, 11) is 1.62. The van der Waals surface area contributed by atoms with Gasteiger partial charge in [0.1, 0.15) is 11.5 Å². The van der Waals surface area contributed by atoms with Gasteiger partial charge in [0.2, 0.25) is 0 Å². The van der Waals surface area contributed by atoms with E-state index >= 15 is 0 Å². The average Bonchev–Trinajstić information content (AvgIpc) is 2.52. The minimum atomic E-state index is -0.337. The number of alkyl halides is 1. The molecule has 0 aliphatic carbocycles. The summed E-state index contributed by atoms with van der Waals surface area (Å²) < 4.78 is 10.4. The highest BCUT2D eigenvalue weighted by atomic mass is 79.9. The Morgan fingerprint density at radius 1 is 1.18 bits per heavy atom. The molecule has 0 fully saturated rings. The lowest BCUT2D eigenvalue weighted by molar-refractivity contribution is -0.131. The molecule has 3 nitrogen and oxygen atoms in total. The van der Waals surface area contributed by atoms with E-state index in [1.165, 1.54) is 6.92 Å². The van der Waals surface area contributed by atoms with E-state index in [1.54, 1.807) is 13.2 Å². The number of methoxy groups -OCH3 is 1. The second-order valence-corrected chi connectivity index (χ2v) is 5.03. The summed E-state index contributed by atoms with van der Waals surface area (Å²) in [4.78, 5) is 11.1. The number of benzene rings is 2. The molecule has 112 valence electrons. The van der Waals surface area contributed by atoms with Crippen LogP contribution in [0.25, 0.3) is 11.1 Å². The standard InChI is InChI=1S/C18H15BrO3/c1-13(20)22-17-7-3-5-14(12-17)15-8-9-18(21-2)16(11-15)6-4-10-19/h3,5,7-9,11-12H,10H2,1-2H3. The van der Waals surface area contributed by atoms with Crippen molar-refractivity contribution in [3.05, 3.63) is 48.0 Å². The predicted molar refractivity (Wildman–Crippen MR) is 90.4 cm³/mol. The molecule has 0 heterocycles. The smallest absolute Gasteiger partial charge is 0.308 e. The van der Waals surface area contributed by atoms with Crippen LogP contribution in [0.3, 0.4) is 0 Å². The molecule has 2 rings (SSSR count). The molecule has 0 bridgehead atoms. The summed E-state index contributed by atoms with van der Waals surface area (Å²) in [5.41, 5.74) is 2.74.